The normalized spacial score (nSPS) is 11.9. The SMILES string of the molecule is N#CCN(CC#N)CC(C#N)(N(CC#N)CC#N)C(C#N)(C#N)C#N. The van der Waals surface area contributed by atoms with Gasteiger partial charge < -0.3 is 0 Å². The molecule has 0 saturated heterocycles. The summed E-state index contributed by atoms with van der Waals surface area (Å²) in [6.45, 7) is -2.19. The Morgan fingerprint density at radius 3 is 1.24 bits per heavy atom. The van der Waals surface area contributed by atoms with Gasteiger partial charge in [-0.15, -0.1) is 0 Å². The van der Waals surface area contributed by atoms with Crippen LogP contribution in [0.5, 0.6) is 0 Å². The summed E-state index contributed by atoms with van der Waals surface area (Å²) in [4.78, 5) is 2.09. The highest BCUT2D eigenvalue weighted by Crippen LogP contribution is 2.36. The van der Waals surface area contributed by atoms with Crippen LogP contribution in [0.4, 0.5) is 0 Å². The molecule has 10 heteroatoms. The monoisotopic (exact) mass is 330 g/mol. The quantitative estimate of drug-likeness (QED) is 0.523. The molecule has 0 N–H and O–H groups in total. The fourth-order valence-electron chi connectivity index (χ4n) is 2.19. The van der Waals surface area contributed by atoms with Gasteiger partial charge in [0.15, 0.2) is 5.54 Å². The topological polar surface area (TPSA) is 197 Å². The number of nitriles is 8. The van der Waals surface area contributed by atoms with Crippen LogP contribution < -0.4 is 0 Å². The van der Waals surface area contributed by atoms with Crippen LogP contribution in [0.1, 0.15) is 0 Å². The molecule has 0 fully saturated rings. The van der Waals surface area contributed by atoms with Gasteiger partial charge in [0.2, 0.25) is 0 Å². The number of nitrogens with zero attached hydrogens (tertiary/aromatic N) is 10. The third-order valence-electron chi connectivity index (χ3n) is 3.41. The van der Waals surface area contributed by atoms with Crippen molar-refractivity contribution in [3.05, 3.63) is 0 Å². The Bertz CT molecular complexity index is 751. The van der Waals surface area contributed by atoms with Gasteiger partial charge in [0.1, 0.15) is 18.2 Å². The summed E-state index contributed by atoms with van der Waals surface area (Å²) in [6, 6.07) is 13.2. The van der Waals surface area contributed by atoms with Crippen LogP contribution >= 0.6 is 0 Å². The van der Waals surface area contributed by atoms with E-state index in [2.05, 4.69) is 0 Å². The van der Waals surface area contributed by atoms with E-state index in [1.165, 1.54) is 18.2 Å². The van der Waals surface area contributed by atoms with Crippen molar-refractivity contribution in [1.29, 1.82) is 42.1 Å². The molecule has 0 bridgehead atoms. The minimum atomic E-state index is -2.54. The summed E-state index contributed by atoms with van der Waals surface area (Å²) in [5, 5.41) is 73.6. The zero-order chi connectivity index (χ0) is 19.3. The molecule has 0 heterocycles. The Balaban J connectivity index is 6.59. The molecule has 1 atom stereocenters. The number of hydrogen-bond donors (Lipinski definition) is 0. The predicted molar refractivity (Wildman–Crippen MR) is 78.1 cm³/mol. The lowest BCUT2D eigenvalue weighted by Crippen LogP contribution is -2.64. The maximum atomic E-state index is 9.76. The van der Waals surface area contributed by atoms with E-state index in [4.69, 9.17) is 21.0 Å². The Labute approximate surface area is 145 Å². The van der Waals surface area contributed by atoms with Crippen LogP contribution in [0.25, 0.3) is 0 Å². The van der Waals surface area contributed by atoms with Crippen LogP contribution in [0.15, 0.2) is 0 Å². The molecule has 25 heavy (non-hydrogen) atoms. The number of rotatable bonds is 8. The zero-order valence-electron chi connectivity index (χ0n) is 13.0. The Kier molecular flexibility index (Phi) is 8.15. The molecule has 0 rings (SSSR count). The summed E-state index contributed by atoms with van der Waals surface area (Å²) in [5.41, 5.74) is -4.76. The first-order chi connectivity index (χ1) is 12.0. The van der Waals surface area contributed by atoms with Gasteiger partial charge in [0.05, 0.1) is 56.5 Å². The third kappa shape index (κ3) is 3.98. The maximum Gasteiger partial charge on any atom is 0.261 e. The predicted octanol–water partition coefficient (Wildman–Crippen LogP) is -0.496. The molecular weight excluding hydrogens is 320 g/mol. The Morgan fingerprint density at radius 2 is 0.960 bits per heavy atom. The van der Waals surface area contributed by atoms with Gasteiger partial charge in [0.25, 0.3) is 5.41 Å². The van der Waals surface area contributed by atoms with E-state index in [1.807, 2.05) is 0 Å². The molecule has 0 aliphatic carbocycles. The summed E-state index contributed by atoms with van der Waals surface area (Å²) >= 11 is 0. The first kappa shape index (κ1) is 20.8. The molecule has 0 saturated carbocycles. The van der Waals surface area contributed by atoms with Gasteiger partial charge >= 0.3 is 0 Å². The molecular formula is C15H10N10. The highest BCUT2D eigenvalue weighted by molar-refractivity contribution is 5.42. The van der Waals surface area contributed by atoms with Crippen LogP contribution in [0.2, 0.25) is 0 Å². The first-order valence-corrected chi connectivity index (χ1v) is 6.61. The van der Waals surface area contributed by atoms with E-state index < -0.39 is 30.6 Å². The van der Waals surface area contributed by atoms with Crippen LogP contribution in [0.3, 0.4) is 0 Å². The van der Waals surface area contributed by atoms with Gasteiger partial charge in [-0.2, -0.15) is 42.1 Å². The Hall–Kier alpha value is -4.16. The van der Waals surface area contributed by atoms with E-state index in [0.29, 0.717) is 0 Å². The molecule has 10 nitrogen and oxygen atoms in total. The van der Waals surface area contributed by atoms with Crippen molar-refractivity contribution in [2.24, 2.45) is 5.41 Å². The smallest absolute Gasteiger partial charge is 0.261 e. The van der Waals surface area contributed by atoms with Crippen LogP contribution in [-0.4, -0.2) is 48.1 Å². The molecule has 120 valence electrons. The van der Waals surface area contributed by atoms with Gasteiger partial charge in [-0.05, 0) is 0 Å². The zero-order valence-corrected chi connectivity index (χ0v) is 13.0. The lowest BCUT2D eigenvalue weighted by atomic mass is 9.71. The lowest BCUT2D eigenvalue weighted by Gasteiger charge is -2.42. The van der Waals surface area contributed by atoms with Gasteiger partial charge in [-0.1, -0.05) is 0 Å². The second-order valence-corrected chi connectivity index (χ2v) is 4.69. The van der Waals surface area contributed by atoms with Gasteiger partial charge in [-0.3, -0.25) is 9.80 Å². The van der Waals surface area contributed by atoms with E-state index in [-0.39, 0.29) is 13.1 Å². The molecule has 0 amide bonds. The fourth-order valence-corrected chi connectivity index (χ4v) is 2.19. The van der Waals surface area contributed by atoms with E-state index in [9.17, 15) is 21.0 Å². The summed E-state index contributed by atoms with van der Waals surface area (Å²) in [6.07, 6.45) is 0. The molecule has 0 spiro atoms. The molecule has 0 aromatic heterocycles. The molecule has 0 aliphatic heterocycles. The molecule has 0 aromatic rings. The first-order valence-electron chi connectivity index (χ1n) is 6.61. The van der Waals surface area contributed by atoms with Crippen molar-refractivity contribution < 1.29 is 0 Å². The van der Waals surface area contributed by atoms with Gasteiger partial charge in [-0.25, -0.2) is 0 Å². The number of hydrogen-bond acceptors (Lipinski definition) is 10. The summed E-state index contributed by atoms with van der Waals surface area (Å²) < 4.78 is 0. The molecule has 0 radical (unpaired) electrons. The standard InChI is InChI=1S/C15H10N10/c16-1-5-24(6-2-17)13-15(12-23,14(9-20,10-21)11-22)25(7-3-18)8-4-19/h5-8,13H2. The maximum absolute atomic E-state index is 9.76. The van der Waals surface area contributed by atoms with Crippen molar-refractivity contribution in [2.45, 2.75) is 5.54 Å². The minimum absolute atomic E-state index is 0.317. The second-order valence-electron chi connectivity index (χ2n) is 4.69. The highest BCUT2D eigenvalue weighted by Gasteiger charge is 2.59. The molecule has 1 unspecified atom stereocenters. The summed E-state index contributed by atoms with van der Waals surface area (Å²) in [5.74, 6) is 0. The van der Waals surface area contributed by atoms with Crippen LogP contribution in [0, 0.1) is 96.1 Å². The second kappa shape index (κ2) is 9.78. The van der Waals surface area contributed by atoms with Crippen molar-refractivity contribution in [3.8, 4) is 48.6 Å². The third-order valence-corrected chi connectivity index (χ3v) is 3.41. The van der Waals surface area contributed by atoms with Crippen molar-refractivity contribution in [3.63, 3.8) is 0 Å². The summed E-state index contributed by atoms with van der Waals surface area (Å²) in [7, 11) is 0. The minimum Gasteiger partial charge on any atom is -0.274 e. The average molecular weight is 330 g/mol. The van der Waals surface area contributed by atoms with Crippen molar-refractivity contribution in [2.75, 3.05) is 32.7 Å². The highest BCUT2D eigenvalue weighted by atomic mass is 15.3. The average Bonchev–Trinajstić information content (AvgIpc) is 2.62. The van der Waals surface area contributed by atoms with Gasteiger partial charge in [0, 0.05) is 6.54 Å². The van der Waals surface area contributed by atoms with Crippen LogP contribution in [-0.2, 0) is 0 Å². The van der Waals surface area contributed by atoms with E-state index in [0.717, 1.165) is 9.80 Å². The van der Waals surface area contributed by atoms with Crippen molar-refractivity contribution in [1.82, 2.24) is 9.80 Å². The molecule has 0 aromatic carbocycles. The Morgan fingerprint density at radius 1 is 0.560 bits per heavy atom. The van der Waals surface area contributed by atoms with E-state index >= 15 is 0 Å². The fraction of sp³-hybridized carbons (Fsp3) is 0.467. The lowest BCUT2D eigenvalue weighted by molar-refractivity contribution is 0.0826. The molecule has 0 aliphatic rings. The largest absolute Gasteiger partial charge is 0.274 e. The van der Waals surface area contributed by atoms with E-state index in [1.54, 1.807) is 30.3 Å². The van der Waals surface area contributed by atoms with Crippen molar-refractivity contribution >= 4 is 0 Å².